The molecule has 100 valence electrons. The van der Waals surface area contributed by atoms with E-state index in [0.29, 0.717) is 11.3 Å². The molecule has 1 aromatic carbocycles. The molecule has 1 aromatic rings. The van der Waals surface area contributed by atoms with Crippen LogP contribution in [-0.2, 0) is 6.42 Å². The van der Waals surface area contributed by atoms with Gasteiger partial charge in [0.15, 0.2) is 0 Å². The van der Waals surface area contributed by atoms with Gasteiger partial charge in [-0.05, 0) is 47.4 Å². The van der Waals surface area contributed by atoms with E-state index in [4.69, 9.17) is 0 Å². The maximum absolute atomic E-state index is 3.68. The lowest BCUT2D eigenvalue weighted by Crippen LogP contribution is -2.27. The predicted octanol–water partition coefficient (Wildman–Crippen LogP) is 5.35. The molecule has 0 saturated carbocycles. The molecule has 1 heterocycles. The van der Waals surface area contributed by atoms with Crippen molar-refractivity contribution >= 4 is 21.6 Å². The summed E-state index contributed by atoms with van der Waals surface area (Å²) in [7, 11) is 0. The van der Waals surface area contributed by atoms with E-state index in [0.717, 1.165) is 13.0 Å². The summed E-state index contributed by atoms with van der Waals surface area (Å²) < 4.78 is 1.22. The van der Waals surface area contributed by atoms with Gasteiger partial charge in [0.05, 0.1) is 0 Å². The molecular weight excluding hydrogens is 286 g/mol. The van der Waals surface area contributed by atoms with Crippen molar-refractivity contribution in [3.8, 4) is 0 Å². The number of benzene rings is 1. The van der Waals surface area contributed by atoms with Crippen LogP contribution in [0.4, 0.5) is 5.69 Å². The molecular formula is C16H24BrN. The Bertz CT molecular complexity index is 431. The summed E-state index contributed by atoms with van der Waals surface area (Å²) in [4.78, 5) is 0. The van der Waals surface area contributed by atoms with Gasteiger partial charge in [-0.25, -0.2) is 0 Å². The monoisotopic (exact) mass is 309 g/mol. The van der Waals surface area contributed by atoms with Crippen LogP contribution in [0.2, 0.25) is 0 Å². The highest BCUT2D eigenvalue weighted by molar-refractivity contribution is 9.10. The van der Waals surface area contributed by atoms with Crippen LogP contribution in [0, 0.1) is 5.41 Å². The summed E-state index contributed by atoms with van der Waals surface area (Å²) in [5, 5.41) is 3.62. The van der Waals surface area contributed by atoms with Crippen molar-refractivity contribution in [2.24, 2.45) is 5.41 Å². The Morgan fingerprint density at radius 2 is 2.06 bits per heavy atom. The summed E-state index contributed by atoms with van der Waals surface area (Å²) in [6.45, 7) is 10.4. The molecule has 0 amide bonds. The molecule has 0 fully saturated rings. The van der Waals surface area contributed by atoms with Crippen LogP contribution in [0.5, 0.6) is 0 Å². The highest BCUT2D eigenvalue weighted by atomic mass is 79.9. The summed E-state index contributed by atoms with van der Waals surface area (Å²) in [5.41, 5.74) is 4.72. The van der Waals surface area contributed by atoms with Gasteiger partial charge in [-0.1, -0.05) is 50.0 Å². The molecule has 0 aliphatic carbocycles. The van der Waals surface area contributed by atoms with Gasteiger partial charge in [-0.3, -0.25) is 0 Å². The summed E-state index contributed by atoms with van der Waals surface area (Å²) in [6, 6.07) is 4.59. The topological polar surface area (TPSA) is 12.0 Å². The molecule has 2 rings (SSSR count). The minimum absolute atomic E-state index is 0.334. The van der Waals surface area contributed by atoms with Crippen LogP contribution in [0.1, 0.15) is 57.6 Å². The van der Waals surface area contributed by atoms with E-state index < -0.39 is 0 Å². The first-order chi connectivity index (χ1) is 8.43. The molecule has 1 unspecified atom stereocenters. The summed E-state index contributed by atoms with van der Waals surface area (Å²) in [6.07, 6.45) is 3.59. The van der Waals surface area contributed by atoms with E-state index in [1.54, 1.807) is 0 Å². The number of nitrogens with one attached hydrogen (secondary N) is 1. The van der Waals surface area contributed by atoms with Crippen molar-refractivity contribution in [2.75, 3.05) is 11.9 Å². The first-order valence-corrected chi connectivity index (χ1v) is 7.79. The molecule has 1 aliphatic rings. The molecule has 18 heavy (non-hydrogen) atoms. The quantitative estimate of drug-likeness (QED) is 0.776. The normalized spacial score (nSPS) is 19.3. The maximum atomic E-state index is 3.68. The lowest BCUT2D eigenvalue weighted by atomic mass is 9.72. The van der Waals surface area contributed by atoms with Gasteiger partial charge in [0.2, 0.25) is 0 Å². The van der Waals surface area contributed by atoms with Gasteiger partial charge in [0.25, 0.3) is 0 Å². The molecule has 0 radical (unpaired) electrons. The van der Waals surface area contributed by atoms with Crippen molar-refractivity contribution < 1.29 is 0 Å². The molecule has 1 aliphatic heterocycles. The van der Waals surface area contributed by atoms with Crippen LogP contribution in [0.15, 0.2) is 16.6 Å². The number of anilines is 1. The Hall–Kier alpha value is -0.500. The second kappa shape index (κ2) is 5.24. The van der Waals surface area contributed by atoms with Crippen LogP contribution in [0.25, 0.3) is 0 Å². The predicted molar refractivity (Wildman–Crippen MR) is 83.4 cm³/mol. The van der Waals surface area contributed by atoms with Gasteiger partial charge in [-0.2, -0.15) is 0 Å². The lowest BCUT2D eigenvalue weighted by molar-refractivity contribution is 0.305. The van der Waals surface area contributed by atoms with E-state index in [-0.39, 0.29) is 0 Å². The number of aryl methyl sites for hydroxylation is 1. The number of rotatable bonds is 2. The fourth-order valence-corrected chi connectivity index (χ4v) is 3.56. The Morgan fingerprint density at radius 1 is 1.33 bits per heavy atom. The second-order valence-electron chi connectivity index (χ2n) is 6.41. The zero-order chi connectivity index (χ0) is 13.3. The van der Waals surface area contributed by atoms with Crippen molar-refractivity contribution in [1.29, 1.82) is 0 Å². The SMILES string of the molecule is CCCc1cc(Br)cc2c1NCCC2C(C)(C)C. The van der Waals surface area contributed by atoms with Gasteiger partial charge < -0.3 is 5.32 Å². The van der Waals surface area contributed by atoms with E-state index in [1.807, 2.05) is 0 Å². The molecule has 0 spiro atoms. The molecule has 0 saturated heterocycles. The molecule has 0 aromatic heterocycles. The standard InChI is InChI=1S/C16H24BrN/c1-5-6-11-9-12(17)10-13-14(16(2,3)4)7-8-18-15(11)13/h9-10,14,18H,5-8H2,1-4H3. The summed E-state index contributed by atoms with van der Waals surface area (Å²) >= 11 is 3.68. The van der Waals surface area contributed by atoms with E-state index in [9.17, 15) is 0 Å². The van der Waals surface area contributed by atoms with E-state index in [2.05, 4.69) is 61.1 Å². The van der Waals surface area contributed by atoms with Gasteiger partial charge in [0.1, 0.15) is 0 Å². The van der Waals surface area contributed by atoms with Crippen LogP contribution in [0.3, 0.4) is 0 Å². The number of hydrogen-bond acceptors (Lipinski definition) is 1. The number of halogens is 1. The minimum atomic E-state index is 0.334. The van der Waals surface area contributed by atoms with Gasteiger partial charge in [0, 0.05) is 16.7 Å². The molecule has 1 nitrogen and oxygen atoms in total. The molecule has 1 atom stereocenters. The van der Waals surface area contributed by atoms with E-state index >= 15 is 0 Å². The average molecular weight is 310 g/mol. The lowest BCUT2D eigenvalue weighted by Gasteiger charge is -2.37. The third-order valence-electron chi connectivity index (χ3n) is 3.89. The fourth-order valence-electron chi connectivity index (χ4n) is 3.04. The van der Waals surface area contributed by atoms with Crippen molar-refractivity contribution in [2.45, 2.75) is 52.9 Å². The Kier molecular flexibility index (Phi) is 4.05. The molecule has 1 N–H and O–H groups in total. The fraction of sp³-hybridized carbons (Fsp3) is 0.625. The first-order valence-electron chi connectivity index (χ1n) is 6.99. The second-order valence-corrected chi connectivity index (χ2v) is 7.33. The third-order valence-corrected chi connectivity index (χ3v) is 4.35. The third kappa shape index (κ3) is 2.74. The van der Waals surface area contributed by atoms with Crippen LogP contribution >= 0.6 is 15.9 Å². The average Bonchev–Trinajstić information content (AvgIpc) is 2.27. The minimum Gasteiger partial charge on any atom is -0.385 e. The van der Waals surface area contributed by atoms with E-state index in [1.165, 1.54) is 34.1 Å². The zero-order valence-corrected chi connectivity index (χ0v) is 13.5. The van der Waals surface area contributed by atoms with Crippen LogP contribution in [-0.4, -0.2) is 6.54 Å². The van der Waals surface area contributed by atoms with Crippen LogP contribution < -0.4 is 5.32 Å². The first kappa shape index (κ1) is 13.9. The number of fused-ring (bicyclic) bond motifs is 1. The van der Waals surface area contributed by atoms with Crippen molar-refractivity contribution in [1.82, 2.24) is 0 Å². The van der Waals surface area contributed by atoms with Crippen molar-refractivity contribution in [3.63, 3.8) is 0 Å². The Labute approximate surface area is 119 Å². The largest absolute Gasteiger partial charge is 0.385 e. The molecule has 2 heteroatoms. The number of hydrogen-bond donors (Lipinski definition) is 1. The van der Waals surface area contributed by atoms with Gasteiger partial charge >= 0.3 is 0 Å². The van der Waals surface area contributed by atoms with Gasteiger partial charge in [-0.15, -0.1) is 0 Å². The maximum Gasteiger partial charge on any atom is 0.0409 e. The zero-order valence-electron chi connectivity index (χ0n) is 11.9. The Morgan fingerprint density at radius 3 is 2.67 bits per heavy atom. The van der Waals surface area contributed by atoms with Crippen molar-refractivity contribution in [3.05, 3.63) is 27.7 Å². The highest BCUT2D eigenvalue weighted by Crippen LogP contribution is 2.45. The smallest absolute Gasteiger partial charge is 0.0409 e. The summed E-state index contributed by atoms with van der Waals surface area (Å²) in [5.74, 6) is 0.654. The highest BCUT2D eigenvalue weighted by Gasteiger charge is 2.31. The Balaban J connectivity index is 2.50. The molecule has 0 bridgehead atoms.